The normalized spacial score (nSPS) is 16.7. The lowest BCUT2D eigenvalue weighted by atomic mass is 10.1. The highest BCUT2D eigenvalue weighted by Crippen LogP contribution is 2.51. The number of fused-ring (bicyclic) bond motifs is 1. The molecule has 4 nitrogen and oxygen atoms in total. The van der Waals surface area contributed by atoms with Crippen LogP contribution in [0.15, 0.2) is 24.3 Å². The van der Waals surface area contributed by atoms with E-state index in [-0.39, 0.29) is 24.2 Å². The van der Waals surface area contributed by atoms with Gasteiger partial charge in [0, 0.05) is 5.39 Å². The van der Waals surface area contributed by atoms with Crippen molar-refractivity contribution in [3.63, 3.8) is 0 Å². The largest absolute Gasteiger partial charge is 0.411 e. The zero-order valence-electron chi connectivity index (χ0n) is 10.2. The van der Waals surface area contributed by atoms with Gasteiger partial charge >= 0.3 is 6.18 Å². The maximum absolute atomic E-state index is 13.0. The number of benzene rings is 1. The third kappa shape index (κ3) is 1.84. The molecule has 1 aromatic carbocycles. The van der Waals surface area contributed by atoms with Crippen LogP contribution in [0.25, 0.3) is 10.9 Å². The van der Waals surface area contributed by atoms with Crippen LogP contribution < -0.4 is 5.32 Å². The SMILES string of the molecule is N#Cc1nnc2ccccc2c1NC1(C(F)(F)F)CC1. The number of nitrogens with one attached hydrogen (secondary N) is 1. The molecule has 0 spiro atoms. The number of halogens is 3. The van der Waals surface area contributed by atoms with Crippen molar-refractivity contribution in [1.29, 1.82) is 5.26 Å². The number of hydrogen-bond donors (Lipinski definition) is 1. The van der Waals surface area contributed by atoms with Gasteiger partial charge in [-0.05, 0) is 18.9 Å². The van der Waals surface area contributed by atoms with Crippen molar-refractivity contribution in [1.82, 2.24) is 10.2 Å². The predicted octanol–water partition coefficient (Wildman–Crippen LogP) is 3.01. The van der Waals surface area contributed by atoms with E-state index in [0.717, 1.165) is 0 Å². The monoisotopic (exact) mass is 278 g/mol. The molecule has 1 heterocycles. The fourth-order valence-corrected chi connectivity index (χ4v) is 2.10. The summed E-state index contributed by atoms with van der Waals surface area (Å²) in [5.41, 5.74) is -1.51. The lowest BCUT2D eigenvalue weighted by Crippen LogP contribution is -2.39. The van der Waals surface area contributed by atoms with Crippen molar-refractivity contribution in [2.45, 2.75) is 24.6 Å². The van der Waals surface area contributed by atoms with E-state index in [4.69, 9.17) is 5.26 Å². The van der Waals surface area contributed by atoms with Crippen LogP contribution in [0.4, 0.5) is 18.9 Å². The van der Waals surface area contributed by atoms with Crippen LogP contribution in [0.1, 0.15) is 18.5 Å². The molecule has 1 aliphatic carbocycles. The number of rotatable bonds is 2. The van der Waals surface area contributed by atoms with Crippen molar-refractivity contribution in [2.75, 3.05) is 5.32 Å². The molecule has 0 radical (unpaired) electrons. The average Bonchev–Trinajstić information content (AvgIpc) is 3.20. The summed E-state index contributed by atoms with van der Waals surface area (Å²) in [6.45, 7) is 0. The molecule has 1 aromatic heterocycles. The Morgan fingerprint density at radius 2 is 1.90 bits per heavy atom. The smallest absolute Gasteiger partial charge is 0.369 e. The second-order valence-electron chi connectivity index (χ2n) is 4.76. The molecule has 1 N–H and O–H groups in total. The van der Waals surface area contributed by atoms with E-state index in [1.807, 2.05) is 0 Å². The molecule has 3 rings (SSSR count). The first kappa shape index (κ1) is 12.7. The van der Waals surface area contributed by atoms with E-state index in [2.05, 4.69) is 15.5 Å². The molecule has 0 saturated heterocycles. The molecular weight excluding hydrogens is 269 g/mol. The first-order chi connectivity index (χ1) is 9.47. The Balaban J connectivity index is 2.14. The van der Waals surface area contributed by atoms with Gasteiger partial charge in [0.2, 0.25) is 0 Å². The fourth-order valence-electron chi connectivity index (χ4n) is 2.10. The zero-order chi connectivity index (χ0) is 14.4. The molecule has 102 valence electrons. The minimum Gasteiger partial charge on any atom is -0.369 e. The summed E-state index contributed by atoms with van der Waals surface area (Å²) in [6, 6.07) is 8.45. The second kappa shape index (κ2) is 4.07. The van der Waals surface area contributed by atoms with Crippen LogP contribution in [-0.4, -0.2) is 21.9 Å². The standard InChI is InChI=1S/C13H9F3N4/c14-13(15,16)12(5-6-12)18-11-8-3-1-2-4-9(8)19-20-10(11)7-17/h1-4H,5-6H2,(H,18,19). The highest BCUT2D eigenvalue weighted by Gasteiger charge is 2.63. The highest BCUT2D eigenvalue weighted by atomic mass is 19.4. The average molecular weight is 278 g/mol. The summed E-state index contributed by atoms with van der Waals surface area (Å²) < 4.78 is 39.1. The van der Waals surface area contributed by atoms with Gasteiger partial charge in [0.1, 0.15) is 11.6 Å². The summed E-state index contributed by atoms with van der Waals surface area (Å²) in [7, 11) is 0. The van der Waals surface area contributed by atoms with Crippen molar-refractivity contribution in [3.8, 4) is 6.07 Å². The first-order valence-electron chi connectivity index (χ1n) is 5.97. The molecule has 0 aliphatic heterocycles. The van der Waals surface area contributed by atoms with Gasteiger partial charge in [0.15, 0.2) is 5.69 Å². The third-order valence-electron chi connectivity index (χ3n) is 3.43. The summed E-state index contributed by atoms with van der Waals surface area (Å²) in [6.07, 6.45) is -4.36. The van der Waals surface area contributed by atoms with Crippen molar-refractivity contribution < 1.29 is 13.2 Å². The van der Waals surface area contributed by atoms with Gasteiger partial charge in [-0.15, -0.1) is 10.2 Å². The third-order valence-corrected chi connectivity index (χ3v) is 3.43. The van der Waals surface area contributed by atoms with Crippen LogP contribution in [0, 0.1) is 11.3 Å². The maximum atomic E-state index is 13.0. The van der Waals surface area contributed by atoms with Crippen LogP contribution in [0.3, 0.4) is 0 Å². The van der Waals surface area contributed by atoms with Gasteiger partial charge in [-0.25, -0.2) is 0 Å². The molecule has 0 unspecified atom stereocenters. The Bertz CT molecular complexity index is 714. The van der Waals surface area contributed by atoms with E-state index >= 15 is 0 Å². The summed E-state index contributed by atoms with van der Waals surface area (Å²) >= 11 is 0. The summed E-state index contributed by atoms with van der Waals surface area (Å²) in [4.78, 5) is 0. The highest BCUT2D eigenvalue weighted by molar-refractivity contribution is 5.93. The molecule has 0 amide bonds. The van der Waals surface area contributed by atoms with Gasteiger partial charge in [-0.1, -0.05) is 18.2 Å². The lowest BCUT2D eigenvalue weighted by molar-refractivity contribution is -0.151. The lowest BCUT2D eigenvalue weighted by Gasteiger charge is -2.22. The quantitative estimate of drug-likeness (QED) is 0.917. The summed E-state index contributed by atoms with van der Waals surface area (Å²) in [5, 5.41) is 19.5. The molecule has 1 saturated carbocycles. The molecule has 1 fully saturated rings. The van der Waals surface area contributed by atoms with Gasteiger partial charge in [-0.3, -0.25) is 0 Å². The van der Waals surface area contributed by atoms with Gasteiger partial charge < -0.3 is 5.32 Å². The van der Waals surface area contributed by atoms with Gasteiger partial charge in [0.25, 0.3) is 0 Å². The molecule has 2 aromatic rings. The number of nitriles is 1. The Labute approximate surface area is 112 Å². The van der Waals surface area contributed by atoms with Crippen molar-refractivity contribution in [2.24, 2.45) is 0 Å². The van der Waals surface area contributed by atoms with E-state index in [9.17, 15) is 13.2 Å². The molecule has 0 bridgehead atoms. The minimum absolute atomic E-state index is 0.00197. The fraction of sp³-hybridized carbons (Fsp3) is 0.308. The van der Waals surface area contributed by atoms with Crippen molar-refractivity contribution >= 4 is 16.6 Å². The Hall–Kier alpha value is -2.36. The molecule has 0 atom stereocenters. The van der Waals surface area contributed by atoms with Crippen LogP contribution in [0.2, 0.25) is 0 Å². The topological polar surface area (TPSA) is 61.6 Å². The van der Waals surface area contributed by atoms with Crippen molar-refractivity contribution in [3.05, 3.63) is 30.0 Å². The van der Waals surface area contributed by atoms with E-state index in [1.165, 1.54) is 0 Å². The van der Waals surface area contributed by atoms with Crippen LogP contribution >= 0.6 is 0 Å². The summed E-state index contributed by atoms with van der Waals surface area (Å²) in [5.74, 6) is 0. The Morgan fingerprint density at radius 1 is 1.20 bits per heavy atom. The molecular formula is C13H9F3N4. The van der Waals surface area contributed by atoms with E-state index < -0.39 is 11.7 Å². The molecule has 20 heavy (non-hydrogen) atoms. The Morgan fingerprint density at radius 3 is 2.50 bits per heavy atom. The predicted molar refractivity (Wildman–Crippen MR) is 65.9 cm³/mol. The van der Waals surface area contributed by atoms with Gasteiger partial charge in [-0.2, -0.15) is 18.4 Å². The minimum atomic E-state index is -4.36. The maximum Gasteiger partial charge on any atom is 0.411 e. The number of hydrogen-bond acceptors (Lipinski definition) is 4. The van der Waals surface area contributed by atoms with E-state index in [0.29, 0.717) is 10.9 Å². The van der Waals surface area contributed by atoms with Crippen LogP contribution in [0.5, 0.6) is 0 Å². The van der Waals surface area contributed by atoms with E-state index in [1.54, 1.807) is 30.3 Å². The van der Waals surface area contributed by atoms with Crippen LogP contribution in [-0.2, 0) is 0 Å². The number of alkyl halides is 3. The second-order valence-corrected chi connectivity index (χ2v) is 4.76. The van der Waals surface area contributed by atoms with Gasteiger partial charge in [0.05, 0.1) is 11.2 Å². The number of anilines is 1. The zero-order valence-corrected chi connectivity index (χ0v) is 10.2. The molecule has 7 heteroatoms. The molecule has 1 aliphatic rings. The number of nitrogens with zero attached hydrogens (tertiary/aromatic N) is 3. The first-order valence-corrected chi connectivity index (χ1v) is 5.97. The Kier molecular flexibility index (Phi) is 2.57. The number of aromatic nitrogens is 2.